The number of ether oxygens (including phenoxy) is 1. The number of carbonyl (C=O) groups is 1. The Hall–Kier alpha value is -3.28. The molecule has 144 valence electrons. The molecule has 28 heavy (non-hydrogen) atoms. The molecule has 2 heterocycles. The second-order valence-corrected chi connectivity index (χ2v) is 6.94. The lowest BCUT2D eigenvalue weighted by molar-refractivity contribution is 0.0717. The average molecular weight is 377 g/mol. The second kappa shape index (κ2) is 7.76. The summed E-state index contributed by atoms with van der Waals surface area (Å²) in [7, 11) is 0. The van der Waals surface area contributed by atoms with Gasteiger partial charge in [0.15, 0.2) is 0 Å². The third kappa shape index (κ3) is 3.45. The fourth-order valence-electron chi connectivity index (χ4n) is 3.63. The molecule has 1 atom stereocenters. The van der Waals surface area contributed by atoms with Crippen molar-refractivity contribution in [1.82, 2.24) is 14.9 Å². The highest BCUT2D eigenvalue weighted by Crippen LogP contribution is 2.34. The van der Waals surface area contributed by atoms with E-state index in [1.54, 1.807) is 24.5 Å². The van der Waals surface area contributed by atoms with Crippen molar-refractivity contribution < 1.29 is 14.6 Å². The predicted molar refractivity (Wildman–Crippen MR) is 106 cm³/mol. The SMILES string of the molecule is CCCOc1ccccc1C(=O)N1Cc2[nH]cnc2C(c2cccc(O)c2)C1. The number of fused-ring (bicyclic) bond motifs is 1. The smallest absolute Gasteiger partial charge is 0.258 e. The van der Waals surface area contributed by atoms with Crippen LogP contribution in [0.15, 0.2) is 54.9 Å². The molecule has 2 aromatic carbocycles. The lowest BCUT2D eigenvalue weighted by atomic mass is 9.90. The van der Waals surface area contributed by atoms with E-state index in [-0.39, 0.29) is 17.6 Å². The van der Waals surface area contributed by atoms with E-state index in [1.165, 1.54) is 0 Å². The van der Waals surface area contributed by atoms with Gasteiger partial charge in [0.25, 0.3) is 5.91 Å². The van der Waals surface area contributed by atoms with Crippen molar-refractivity contribution in [3.8, 4) is 11.5 Å². The van der Waals surface area contributed by atoms with Crippen LogP contribution in [-0.2, 0) is 6.54 Å². The lowest BCUT2D eigenvalue weighted by Crippen LogP contribution is -2.39. The summed E-state index contributed by atoms with van der Waals surface area (Å²) in [6, 6.07) is 14.5. The summed E-state index contributed by atoms with van der Waals surface area (Å²) in [4.78, 5) is 22.8. The Morgan fingerprint density at radius 1 is 1.29 bits per heavy atom. The number of phenols is 1. The molecule has 0 radical (unpaired) electrons. The number of amides is 1. The first kappa shape index (κ1) is 18.1. The number of aromatic hydroxyl groups is 1. The summed E-state index contributed by atoms with van der Waals surface area (Å²) < 4.78 is 5.78. The third-order valence-corrected chi connectivity index (χ3v) is 4.97. The van der Waals surface area contributed by atoms with Crippen LogP contribution in [0.5, 0.6) is 11.5 Å². The third-order valence-electron chi connectivity index (χ3n) is 4.97. The van der Waals surface area contributed by atoms with Crippen LogP contribution in [0.3, 0.4) is 0 Å². The number of hydrogen-bond donors (Lipinski definition) is 2. The van der Waals surface area contributed by atoms with Crippen LogP contribution >= 0.6 is 0 Å². The van der Waals surface area contributed by atoms with Crippen LogP contribution in [0.4, 0.5) is 0 Å². The molecule has 1 amide bonds. The molecule has 1 aliphatic heterocycles. The Morgan fingerprint density at radius 2 is 2.14 bits per heavy atom. The van der Waals surface area contributed by atoms with E-state index < -0.39 is 0 Å². The van der Waals surface area contributed by atoms with Gasteiger partial charge in [0.1, 0.15) is 11.5 Å². The van der Waals surface area contributed by atoms with E-state index in [0.29, 0.717) is 31.0 Å². The fourth-order valence-corrected chi connectivity index (χ4v) is 3.63. The van der Waals surface area contributed by atoms with Crippen LogP contribution in [0, 0.1) is 0 Å². The first-order valence-corrected chi connectivity index (χ1v) is 9.49. The molecule has 0 aliphatic carbocycles. The molecule has 1 unspecified atom stereocenters. The van der Waals surface area contributed by atoms with Gasteiger partial charge in [0.05, 0.1) is 36.4 Å². The number of aromatic nitrogens is 2. The first-order chi connectivity index (χ1) is 13.7. The minimum Gasteiger partial charge on any atom is -0.508 e. The number of hydrogen-bond acceptors (Lipinski definition) is 4. The maximum absolute atomic E-state index is 13.3. The highest BCUT2D eigenvalue weighted by Gasteiger charge is 2.32. The number of nitrogens with zero attached hydrogens (tertiary/aromatic N) is 2. The predicted octanol–water partition coefficient (Wildman–Crippen LogP) is 3.69. The Balaban J connectivity index is 1.66. The Labute approximate surface area is 163 Å². The molecule has 3 aromatic rings. The lowest BCUT2D eigenvalue weighted by Gasteiger charge is -2.32. The van der Waals surface area contributed by atoms with Crippen molar-refractivity contribution >= 4 is 5.91 Å². The van der Waals surface area contributed by atoms with Gasteiger partial charge < -0.3 is 19.7 Å². The summed E-state index contributed by atoms with van der Waals surface area (Å²) in [5.74, 6) is 0.641. The van der Waals surface area contributed by atoms with Crippen molar-refractivity contribution in [2.24, 2.45) is 0 Å². The summed E-state index contributed by atoms with van der Waals surface area (Å²) in [6.07, 6.45) is 2.54. The molecule has 1 aromatic heterocycles. The van der Waals surface area contributed by atoms with Crippen molar-refractivity contribution in [3.63, 3.8) is 0 Å². The number of rotatable bonds is 5. The van der Waals surface area contributed by atoms with Gasteiger partial charge in [0.2, 0.25) is 0 Å². The maximum Gasteiger partial charge on any atom is 0.258 e. The van der Waals surface area contributed by atoms with Crippen LogP contribution in [0.1, 0.15) is 46.6 Å². The van der Waals surface area contributed by atoms with Crippen LogP contribution < -0.4 is 4.74 Å². The highest BCUT2D eigenvalue weighted by molar-refractivity contribution is 5.97. The van der Waals surface area contributed by atoms with Gasteiger partial charge in [-0.1, -0.05) is 31.2 Å². The van der Waals surface area contributed by atoms with Crippen molar-refractivity contribution in [2.45, 2.75) is 25.8 Å². The summed E-state index contributed by atoms with van der Waals surface area (Å²) in [6.45, 7) is 3.56. The number of phenolic OH excluding ortho intramolecular Hbond substituents is 1. The van der Waals surface area contributed by atoms with E-state index in [1.807, 2.05) is 42.2 Å². The standard InChI is InChI=1S/C22H23N3O3/c1-2-10-28-20-9-4-3-8-17(20)22(27)25-12-18(15-6-5-7-16(26)11-15)21-19(13-25)23-14-24-21/h3-9,11,14,18,26H,2,10,12-13H2,1H3,(H,23,24). The van der Waals surface area contributed by atoms with E-state index in [0.717, 1.165) is 23.4 Å². The molecular weight excluding hydrogens is 354 g/mol. The number of aromatic amines is 1. The number of imidazole rings is 1. The van der Waals surface area contributed by atoms with Gasteiger partial charge in [0, 0.05) is 12.5 Å². The average Bonchev–Trinajstić information content (AvgIpc) is 3.20. The Kier molecular flexibility index (Phi) is 5.02. The van der Waals surface area contributed by atoms with Crippen LogP contribution in [-0.4, -0.2) is 39.0 Å². The highest BCUT2D eigenvalue weighted by atomic mass is 16.5. The van der Waals surface area contributed by atoms with E-state index >= 15 is 0 Å². The molecule has 1 aliphatic rings. The molecule has 0 saturated carbocycles. The van der Waals surface area contributed by atoms with Gasteiger partial charge in [-0.15, -0.1) is 0 Å². The summed E-state index contributed by atoms with van der Waals surface area (Å²) in [5.41, 5.74) is 3.33. The zero-order chi connectivity index (χ0) is 19.5. The van der Waals surface area contributed by atoms with Gasteiger partial charge in [-0.2, -0.15) is 0 Å². The quantitative estimate of drug-likeness (QED) is 0.711. The monoisotopic (exact) mass is 377 g/mol. The van der Waals surface area contributed by atoms with Crippen LogP contribution in [0.2, 0.25) is 0 Å². The van der Waals surface area contributed by atoms with E-state index in [9.17, 15) is 9.90 Å². The topological polar surface area (TPSA) is 78.5 Å². The normalized spacial score (nSPS) is 15.9. The number of benzene rings is 2. The minimum atomic E-state index is -0.102. The summed E-state index contributed by atoms with van der Waals surface area (Å²) >= 11 is 0. The van der Waals surface area contributed by atoms with Gasteiger partial charge >= 0.3 is 0 Å². The molecule has 2 N–H and O–H groups in total. The summed E-state index contributed by atoms with van der Waals surface area (Å²) in [5, 5.41) is 9.89. The molecule has 0 fully saturated rings. The molecule has 4 rings (SSSR count). The Bertz CT molecular complexity index is 982. The molecular formula is C22H23N3O3. The number of nitrogens with one attached hydrogen (secondary N) is 1. The Morgan fingerprint density at radius 3 is 2.96 bits per heavy atom. The zero-order valence-corrected chi connectivity index (χ0v) is 15.8. The van der Waals surface area contributed by atoms with Crippen molar-refractivity contribution in [3.05, 3.63) is 77.4 Å². The first-order valence-electron chi connectivity index (χ1n) is 9.49. The number of H-pyrrole nitrogens is 1. The van der Waals surface area contributed by atoms with Crippen LogP contribution in [0.25, 0.3) is 0 Å². The zero-order valence-electron chi connectivity index (χ0n) is 15.8. The number of carbonyl (C=O) groups excluding carboxylic acids is 1. The van der Waals surface area contributed by atoms with E-state index in [4.69, 9.17) is 4.74 Å². The maximum atomic E-state index is 13.3. The van der Waals surface area contributed by atoms with Gasteiger partial charge in [-0.3, -0.25) is 4.79 Å². The minimum absolute atomic E-state index is 0.0721. The van der Waals surface area contributed by atoms with Gasteiger partial charge in [-0.05, 0) is 36.2 Å². The van der Waals surface area contributed by atoms with Gasteiger partial charge in [-0.25, -0.2) is 4.98 Å². The molecule has 0 bridgehead atoms. The molecule has 0 spiro atoms. The second-order valence-electron chi connectivity index (χ2n) is 6.94. The van der Waals surface area contributed by atoms with Crippen molar-refractivity contribution in [1.29, 1.82) is 0 Å². The largest absolute Gasteiger partial charge is 0.508 e. The molecule has 0 saturated heterocycles. The van der Waals surface area contributed by atoms with Crippen molar-refractivity contribution in [2.75, 3.05) is 13.2 Å². The number of para-hydroxylation sites is 1. The fraction of sp³-hybridized carbons (Fsp3) is 0.273. The van der Waals surface area contributed by atoms with E-state index in [2.05, 4.69) is 9.97 Å². The molecule has 6 nitrogen and oxygen atoms in total. The molecule has 6 heteroatoms.